The zero-order chi connectivity index (χ0) is 20.5. The Hall–Kier alpha value is -1.77. The summed E-state index contributed by atoms with van der Waals surface area (Å²) >= 11 is 0. The van der Waals surface area contributed by atoms with Crippen LogP contribution in [0.15, 0.2) is 30.4 Å². The Morgan fingerprint density at radius 3 is 2.32 bits per heavy atom. The Bertz CT molecular complexity index is 551. The van der Waals surface area contributed by atoms with Crippen molar-refractivity contribution in [3.05, 3.63) is 35.9 Å². The third-order valence-electron chi connectivity index (χ3n) is 4.88. The summed E-state index contributed by atoms with van der Waals surface area (Å²) in [5, 5.41) is 0. The Kier molecular flexibility index (Phi) is 14.0. The van der Waals surface area contributed by atoms with Gasteiger partial charge in [0.1, 0.15) is 6.29 Å². The third kappa shape index (κ3) is 10.5. The monoisotopic (exact) mass is 388 g/mol. The molecule has 158 valence electrons. The van der Waals surface area contributed by atoms with Gasteiger partial charge in [0.05, 0.1) is 12.7 Å². The lowest BCUT2D eigenvalue weighted by Crippen LogP contribution is -2.17. The van der Waals surface area contributed by atoms with E-state index in [4.69, 9.17) is 9.47 Å². The molecule has 0 spiro atoms. The van der Waals surface area contributed by atoms with E-state index in [1.54, 1.807) is 12.1 Å². The number of unbranched alkanes of at least 4 members (excludes halogenated alkanes) is 6. The molecule has 0 fully saturated rings. The zero-order valence-electron chi connectivity index (χ0n) is 18.3. The van der Waals surface area contributed by atoms with Gasteiger partial charge in [-0.05, 0) is 57.2 Å². The molecule has 0 aliphatic rings. The molecule has 28 heavy (non-hydrogen) atoms. The first-order valence-electron chi connectivity index (χ1n) is 11.3. The zero-order valence-corrected chi connectivity index (χ0v) is 18.3. The largest absolute Gasteiger partial charge is 0.490 e. The standard InChI is InChI=1S/C25H40O3/c1-4-7-9-11-12-13-15-17-23(16-14-10-8-5-2)28-24-19-18-22(21-26)20-25(24)27-6-3/h8,10,18-21,23H,4-7,9,11-17H2,1-3H3. The van der Waals surface area contributed by atoms with Crippen LogP contribution in [0.4, 0.5) is 0 Å². The molecule has 1 rings (SSSR count). The van der Waals surface area contributed by atoms with Crippen LogP contribution in [-0.4, -0.2) is 19.0 Å². The van der Waals surface area contributed by atoms with Crippen molar-refractivity contribution in [3.63, 3.8) is 0 Å². The summed E-state index contributed by atoms with van der Waals surface area (Å²) in [6.07, 6.45) is 18.8. The average Bonchev–Trinajstić information content (AvgIpc) is 2.71. The van der Waals surface area contributed by atoms with Crippen molar-refractivity contribution in [1.82, 2.24) is 0 Å². The molecule has 1 unspecified atom stereocenters. The fraction of sp³-hybridized carbons (Fsp3) is 0.640. The van der Waals surface area contributed by atoms with Gasteiger partial charge >= 0.3 is 0 Å². The Balaban J connectivity index is 2.63. The molecule has 1 aromatic carbocycles. The molecule has 0 N–H and O–H groups in total. The molecule has 0 radical (unpaired) electrons. The minimum Gasteiger partial charge on any atom is -0.490 e. The fourth-order valence-electron chi connectivity index (χ4n) is 3.30. The number of hydrogen-bond acceptors (Lipinski definition) is 3. The Morgan fingerprint density at radius 2 is 1.64 bits per heavy atom. The quantitative estimate of drug-likeness (QED) is 0.157. The van der Waals surface area contributed by atoms with E-state index in [0.29, 0.717) is 17.9 Å². The highest BCUT2D eigenvalue weighted by atomic mass is 16.5. The summed E-state index contributed by atoms with van der Waals surface area (Å²) in [6.45, 7) is 6.92. The van der Waals surface area contributed by atoms with Crippen LogP contribution < -0.4 is 9.47 Å². The predicted octanol–water partition coefficient (Wildman–Crippen LogP) is 7.53. The summed E-state index contributed by atoms with van der Waals surface area (Å²) in [6, 6.07) is 5.44. The number of hydrogen-bond donors (Lipinski definition) is 0. The Labute approximate surface area is 172 Å². The van der Waals surface area contributed by atoms with E-state index in [1.807, 2.05) is 13.0 Å². The van der Waals surface area contributed by atoms with Crippen molar-refractivity contribution >= 4 is 6.29 Å². The molecule has 0 heterocycles. The molecule has 0 amide bonds. The first kappa shape index (κ1) is 24.3. The van der Waals surface area contributed by atoms with Gasteiger partial charge in [-0.3, -0.25) is 4.79 Å². The van der Waals surface area contributed by atoms with Crippen LogP contribution in [-0.2, 0) is 0 Å². The molecule has 0 aliphatic heterocycles. The number of carbonyl (C=O) groups excluding carboxylic acids is 1. The summed E-state index contributed by atoms with van der Waals surface area (Å²) in [5.41, 5.74) is 0.616. The highest BCUT2D eigenvalue weighted by Crippen LogP contribution is 2.30. The summed E-state index contributed by atoms with van der Waals surface area (Å²) in [5.74, 6) is 1.42. The van der Waals surface area contributed by atoms with E-state index < -0.39 is 0 Å². The van der Waals surface area contributed by atoms with Gasteiger partial charge in [-0.2, -0.15) is 0 Å². The summed E-state index contributed by atoms with van der Waals surface area (Å²) < 4.78 is 12.1. The molecule has 0 aliphatic carbocycles. The van der Waals surface area contributed by atoms with Crippen molar-refractivity contribution in [3.8, 4) is 11.5 Å². The number of aldehydes is 1. The molecule has 0 saturated heterocycles. The third-order valence-corrected chi connectivity index (χ3v) is 4.88. The molecule has 3 heteroatoms. The number of ether oxygens (including phenoxy) is 2. The van der Waals surface area contributed by atoms with Gasteiger partial charge in [-0.1, -0.05) is 64.5 Å². The van der Waals surface area contributed by atoms with Crippen LogP contribution in [0, 0.1) is 0 Å². The second kappa shape index (κ2) is 16.2. The lowest BCUT2D eigenvalue weighted by Gasteiger charge is -2.21. The number of rotatable bonds is 17. The van der Waals surface area contributed by atoms with Crippen molar-refractivity contribution in [2.45, 2.75) is 97.5 Å². The molecule has 0 aromatic heterocycles. The van der Waals surface area contributed by atoms with E-state index in [-0.39, 0.29) is 6.10 Å². The van der Waals surface area contributed by atoms with Crippen LogP contribution in [0.25, 0.3) is 0 Å². The normalized spacial score (nSPS) is 12.2. The SMILES string of the molecule is CCC=CCCC(CCCCCCCCC)Oc1ccc(C=O)cc1OCC. The van der Waals surface area contributed by atoms with Gasteiger partial charge in [0.2, 0.25) is 0 Å². The fourth-order valence-corrected chi connectivity index (χ4v) is 3.30. The van der Waals surface area contributed by atoms with Crippen LogP contribution in [0.5, 0.6) is 11.5 Å². The second-order valence-electron chi connectivity index (χ2n) is 7.36. The number of benzene rings is 1. The van der Waals surface area contributed by atoms with Crippen molar-refractivity contribution in [2.24, 2.45) is 0 Å². The van der Waals surface area contributed by atoms with Gasteiger partial charge < -0.3 is 9.47 Å². The van der Waals surface area contributed by atoms with Gasteiger partial charge in [-0.25, -0.2) is 0 Å². The van der Waals surface area contributed by atoms with Crippen molar-refractivity contribution < 1.29 is 14.3 Å². The van der Waals surface area contributed by atoms with Crippen LogP contribution in [0.3, 0.4) is 0 Å². The molecule has 0 bridgehead atoms. The Morgan fingerprint density at radius 1 is 0.893 bits per heavy atom. The first-order chi connectivity index (χ1) is 13.7. The van der Waals surface area contributed by atoms with E-state index in [0.717, 1.165) is 37.7 Å². The smallest absolute Gasteiger partial charge is 0.161 e. The van der Waals surface area contributed by atoms with Crippen molar-refractivity contribution in [1.29, 1.82) is 0 Å². The van der Waals surface area contributed by atoms with Crippen LogP contribution in [0.1, 0.15) is 102 Å². The van der Waals surface area contributed by atoms with Crippen molar-refractivity contribution in [2.75, 3.05) is 6.61 Å². The first-order valence-corrected chi connectivity index (χ1v) is 11.3. The van der Waals surface area contributed by atoms with E-state index >= 15 is 0 Å². The minimum absolute atomic E-state index is 0.179. The molecule has 0 saturated carbocycles. The van der Waals surface area contributed by atoms with Crippen LogP contribution >= 0.6 is 0 Å². The summed E-state index contributed by atoms with van der Waals surface area (Å²) in [7, 11) is 0. The second-order valence-corrected chi connectivity index (χ2v) is 7.36. The lowest BCUT2D eigenvalue weighted by atomic mass is 10.0. The number of allylic oxidation sites excluding steroid dienone is 2. The summed E-state index contributed by atoms with van der Waals surface area (Å²) in [4.78, 5) is 11.1. The van der Waals surface area contributed by atoms with E-state index in [1.165, 1.54) is 44.9 Å². The molecule has 1 atom stereocenters. The maximum Gasteiger partial charge on any atom is 0.161 e. The van der Waals surface area contributed by atoms with E-state index in [2.05, 4.69) is 26.0 Å². The van der Waals surface area contributed by atoms with E-state index in [9.17, 15) is 4.79 Å². The maximum absolute atomic E-state index is 11.1. The molecule has 3 nitrogen and oxygen atoms in total. The molecule has 1 aromatic rings. The van der Waals surface area contributed by atoms with Gasteiger partial charge in [0.15, 0.2) is 11.5 Å². The predicted molar refractivity (Wildman–Crippen MR) is 119 cm³/mol. The van der Waals surface area contributed by atoms with Gasteiger partial charge in [-0.15, -0.1) is 0 Å². The number of carbonyl (C=O) groups is 1. The topological polar surface area (TPSA) is 35.5 Å². The highest BCUT2D eigenvalue weighted by Gasteiger charge is 2.14. The van der Waals surface area contributed by atoms with Gasteiger partial charge in [0.25, 0.3) is 0 Å². The minimum atomic E-state index is 0.179. The van der Waals surface area contributed by atoms with Gasteiger partial charge in [0, 0.05) is 5.56 Å². The average molecular weight is 389 g/mol. The molecular weight excluding hydrogens is 348 g/mol. The molecular formula is C25H40O3. The van der Waals surface area contributed by atoms with Crippen LogP contribution in [0.2, 0.25) is 0 Å². The maximum atomic E-state index is 11.1. The lowest BCUT2D eigenvalue weighted by molar-refractivity contribution is 0.112. The highest BCUT2D eigenvalue weighted by molar-refractivity contribution is 5.76.